The van der Waals surface area contributed by atoms with Gasteiger partial charge in [0.05, 0.1) is 5.69 Å². The van der Waals surface area contributed by atoms with Crippen LogP contribution in [0.25, 0.3) is 0 Å². The number of pyridine rings is 1. The van der Waals surface area contributed by atoms with Crippen molar-refractivity contribution in [3.05, 3.63) is 28.5 Å². The molecule has 1 aromatic heterocycles. The van der Waals surface area contributed by atoms with Crippen LogP contribution >= 0.6 is 27.5 Å². The largest absolute Gasteiger partial charge is 0.307 e. The van der Waals surface area contributed by atoms with E-state index in [1.54, 1.807) is 0 Å². The molecule has 2 nitrogen and oxygen atoms in total. The van der Waals surface area contributed by atoms with Crippen LogP contribution in [0, 0.1) is 0 Å². The smallest absolute Gasteiger partial charge is 0.0542 e. The lowest BCUT2D eigenvalue weighted by Gasteiger charge is -2.27. The molecule has 0 aliphatic heterocycles. The van der Waals surface area contributed by atoms with Crippen molar-refractivity contribution in [3.8, 4) is 0 Å². The summed E-state index contributed by atoms with van der Waals surface area (Å²) in [6, 6.07) is 4.49. The number of nitrogens with one attached hydrogen (secondary N) is 1. The van der Waals surface area contributed by atoms with Gasteiger partial charge in [-0.1, -0.05) is 12.8 Å². The highest BCUT2D eigenvalue weighted by Gasteiger charge is 2.22. The molecule has 4 heteroatoms. The van der Waals surface area contributed by atoms with E-state index >= 15 is 0 Å². The lowest BCUT2D eigenvalue weighted by molar-refractivity contribution is 0.377. The van der Waals surface area contributed by atoms with Gasteiger partial charge in [0.15, 0.2) is 0 Å². The second kappa shape index (κ2) is 5.99. The Bertz CT molecular complexity index is 328. The Labute approximate surface area is 110 Å². The normalized spacial score (nSPS) is 25.6. The Morgan fingerprint density at radius 2 is 2.19 bits per heavy atom. The van der Waals surface area contributed by atoms with Gasteiger partial charge in [-0.2, -0.15) is 0 Å². The minimum atomic E-state index is 0.282. The molecule has 1 heterocycles. The lowest BCUT2D eigenvalue weighted by Crippen LogP contribution is -2.38. The quantitative estimate of drug-likeness (QED) is 0.865. The maximum Gasteiger partial charge on any atom is 0.0542 e. The molecule has 1 aliphatic rings. The number of alkyl halides is 1. The molecule has 1 aliphatic carbocycles. The summed E-state index contributed by atoms with van der Waals surface area (Å²) in [5.74, 6) is 0. The van der Waals surface area contributed by atoms with Crippen LogP contribution in [0.2, 0.25) is 0 Å². The first-order valence-electron chi connectivity index (χ1n) is 5.73. The number of halogens is 2. The van der Waals surface area contributed by atoms with Gasteiger partial charge in [0.25, 0.3) is 0 Å². The monoisotopic (exact) mass is 302 g/mol. The number of rotatable bonds is 3. The Kier molecular flexibility index (Phi) is 4.62. The van der Waals surface area contributed by atoms with E-state index in [4.69, 9.17) is 11.6 Å². The van der Waals surface area contributed by atoms with Crippen molar-refractivity contribution >= 4 is 27.5 Å². The van der Waals surface area contributed by atoms with E-state index in [9.17, 15) is 0 Å². The van der Waals surface area contributed by atoms with Crippen molar-refractivity contribution in [1.82, 2.24) is 10.3 Å². The van der Waals surface area contributed by atoms with Gasteiger partial charge in [0.1, 0.15) is 0 Å². The molecule has 1 aromatic rings. The van der Waals surface area contributed by atoms with Crippen LogP contribution in [-0.2, 0) is 6.54 Å². The standard InChI is InChI=1S/C12H16BrClN2/c13-9-5-6-10(15-7-9)8-16-12-4-2-1-3-11(12)14/h5-7,11-12,16H,1-4,8H2. The van der Waals surface area contributed by atoms with E-state index in [0.29, 0.717) is 6.04 Å². The molecule has 2 rings (SSSR count). The van der Waals surface area contributed by atoms with E-state index in [-0.39, 0.29) is 5.38 Å². The maximum atomic E-state index is 6.28. The third kappa shape index (κ3) is 3.44. The van der Waals surface area contributed by atoms with Gasteiger partial charge in [-0.15, -0.1) is 11.6 Å². The first kappa shape index (κ1) is 12.3. The molecule has 1 N–H and O–H groups in total. The summed E-state index contributed by atoms with van der Waals surface area (Å²) < 4.78 is 1.02. The van der Waals surface area contributed by atoms with E-state index in [1.807, 2.05) is 18.3 Å². The molecule has 0 radical (unpaired) electrons. The zero-order valence-electron chi connectivity index (χ0n) is 9.13. The Balaban J connectivity index is 1.84. The summed E-state index contributed by atoms with van der Waals surface area (Å²) in [5, 5.41) is 3.78. The van der Waals surface area contributed by atoms with Gasteiger partial charge in [-0.05, 0) is 40.9 Å². The van der Waals surface area contributed by atoms with Crippen LogP contribution in [0.15, 0.2) is 22.8 Å². The summed E-state index contributed by atoms with van der Waals surface area (Å²) >= 11 is 9.66. The minimum absolute atomic E-state index is 0.282. The highest BCUT2D eigenvalue weighted by molar-refractivity contribution is 9.10. The Hall–Kier alpha value is -0.120. The van der Waals surface area contributed by atoms with E-state index in [1.165, 1.54) is 19.3 Å². The molecule has 16 heavy (non-hydrogen) atoms. The SMILES string of the molecule is ClC1CCCCC1NCc1ccc(Br)cn1. The number of hydrogen-bond acceptors (Lipinski definition) is 2. The van der Waals surface area contributed by atoms with E-state index in [0.717, 1.165) is 23.1 Å². The van der Waals surface area contributed by atoms with Crippen LogP contribution in [0.5, 0.6) is 0 Å². The maximum absolute atomic E-state index is 6.28. The average Bonchev–Trinajstić information content (AvgIpc) is 2.30. The van der Waals surface area contributed by atoms with Crippen LogP contribution in [-0.4, -0.2) is 16.4 Å². The second-order valence-electron chi connectivity index (χ2n) is 4.26. The molecular formula is C12H16BrClN2. The van der Waals surface area contributed by atoms with Crippen molar-refractivity contribution in [2.24, 2.45) is 0 Å². The molecule has 0 aromatic carbocycles. The van der Waals surface area contributed by atoms with Crippen molar-refractivity contribution in [1.29, 1.82) is 0 Å². The number of nitrogens with zero attached hydrogens (tertiary/aromatic N) is 1. The zero-order chi connectivity index (χ0) is 11.4. The third-order valence-corrected chi connectivity index (χ3v) is 4.01. The summed E-state index contributed by atoms with van der Waals surface area (Å²) in [5.41, 5.74) is 1.07. The first-order valence-corrected chi connectivity index (χ1v) is 6.96. The molecular weight excluding hydrogens is 288 g/mol. The van der Waals surface area contributed by atoms with Gasteiger partial charge >= 0.3 is 0 Å². The van der Waals surface area contributed by atoms with Gasteiger partial charge in [0.2, 0.25) is 0 Å². The van der Waals surface area contributed by atoms with Crippen molar-refractivity contribution in [3.63, 3.8) is 0 Å². The molecule has 2 unspecified atom stereocenters. The van der Waals surface area contributed by atoms with Crippen molar-refractivity contribution < 1.29 is 0 Å². The molecule has 88 valence electrons. The number of aromatic nitrogens is 1. The zero-order valence-corrected chi connectivity index (χ0v) is 11.5. The van der Waals surface area contributed by atoms with Gasteiger partial charge in [0, 0.05) is 28.6 Å². The molecule has 0 spiro atoms. The molecule has 0 bridgehead atoms. The summed E-state index contributed by atoms with van der Waals surface area (Å²) in [6.45, 7) is 0.807. The highest BCUT2D eigenvalue weighted by Crippen LogP contribution is 2.23. The minimum Gasteiger partial charge on any atom is -0.307 e. The van der Waals surface area contributed by atoms with Gasteiger partial charge < -0.3 is 5.32 Å². The fourth-order valence-corrected chi connectivity index (χ4v) is 2.67. The lowest BCUT2D eigenvalue weighted by atomic mass is 9.95. The summed E-state index contributed by atoms with van der Waals surface area (Å²) in [6.07, 6.45) is 6.70. The third-order valence-electron chi connectivity index (χ3n) is 3.02. The van der Waals surface area contributed by atoms with Gasteiger partial charge in [-0.25, -0.2) is 0 Å². The summed E-state index contributed by atoms with van der Waals surface area (Å²) in [7, 11) is 0. The van der Waals surface area contributed by atoms with Crippen LogP contribution in [0.1, 0.15) is 31.4 Å². The molecule has 2 atom stereocenters. The summed E-state index contributed by atoms with van der Waals surface area (Å²) in [4.78, 5) is 4.34. The second-order valence-corrected chi connectivity index (χ2v) is 5.73. The van der Waals surface area contributed by atoms with Crippen LogP contribution < -0.4 is 5.32 Å². The Morgan fingerprint density at radius 1 is 1.38 bits per heavy atom. The number of hydrogen-bond donors (Lipinski definition) is 1. The molecule has 1 saturated carbocycles. The fourth-order valence-electron chi connectivity index (χ4n) is 2.06. The highest BCUT2D eigenvalue weighted by atomic mass is 79.9. The molecule has 1 fully saturated rings. The fraction of sp³-hybridized carbons (Fsp3) is 0.583. The van der Waals surface area contributed by atoms with E-state index < -0.39 is 0 Å². The Morgan fingerprint density at radius 3 is 2.88 bits per heavy atom. The first-order chi connectivity index (χ1) is 7.75. The predicted molar refractivity (Wildman–Crippen MR) is 70.7 cm³/mol. The van der Waals surface area contributed by atoms with Gasteiger partial charge in [-0.3, -0.25) is 4.98 Å². The average molecular weight is 304 g/mol. The van der Waals surface area contributed by atoms with Crippen molar-refractivity contribution in [2.75, 3.05) is 0 Å². The van der Waals surface area contributed by atoms with Crippen LogP contribution in [0.3, 0.4) is 0 Å². The topological polar surface area (TPSA) is 24.9 Å². The van der Waals surface area contributed by atoms with Crippen molar-refractivity contribution in [2.45, 2.75) is 43.6 Å². The van der Waals surface area contributed by atoms with E-state index in [2.05, 4.69) is 26.2 Å². The molecule has 0 amide bonds. The molecule has 0 saturated heterocycles. The van der Waals surface area contributed by atoms with Crippen LogP contribution in [0.4, 0.5) is 0 Å². The predicted octanol–water partition coefficient (Wildman–Crippen LogP) is 3.48.